The minimum absolute atomic E-state index is 0.0766. The molecule has 0 N–H and O–H groups in total. The van der Waals surface area contributed by atoms with E-state index < -0.39 is 0 Å². The van der Waals surface area contributed by atoms with E-state index >= 15 is 0 Å². The first-order valence-electron chi connectivity index (χ1n) is 13.5. The molecule has 0 rings (SSSR count). The van der Waals surface area contributed by atoms with E-state index in [0.29, 0.717) is 18.4 Å². The highest BCUT2D eigenvalue weighted by atomic mass is 16.5. The van der Waals surface area contributed by atoms with Gasteiger partial charge in [-0.15, -0.1) is 0 Å². The van der Waals surface area contributed by atoms with Crippen LogP contribution in [0.2, 0.25) is 0 Å². The Kier molecular flexibility index (Phi) is 14.1. The number of carbonyl (C=O) groups is 1. The topological polar surface area (TPSA) is 26.3 Å². The van der Waals surface area contributed by atoms with E-state index in [1.54, 1.807) is 0 Å². The van der Waals surface area contributed by atoms with Gasteiger partial charge in [0.1, 0.15) is 6.61 Å². The Balaban J connectivity index is 4.67. The van der Waals surface area contributed by atoms with Gasteiger partial charge in [0, 0.05) is 6.42 Å². The molecule has 0 aromatic carbocycles. The maximum atomic E-state index is 12.0. The van der Waals surface area contributed by atoms with E-state index in [1.165, 1.54) is 50.5 Å². The van der Waals surface area contributed by atoms with Crippen molar-refractivity contribution in [2.24, 2.45) is 28.1 Å². The van der Waals surface area contributed by atoms with Crippen LogP contribution in [-0.4, -0.2) is 12.6 Å². The summed E-state index contributed by atoms with van der Waals surface area (Å²) >= 11 is 0. The van der Waals surface area contributed by atoms with Gasteiger partial charge in [-0.05, 0) is 66.8 Å². The predicted molar refractivity (Wildman–Crippen MR) is 142 cm³/mol. The number of carbonyl (C=O) groups excluding carboxylic acids is 1. The van der Waals surface area contributed by atoms with Gasteiger partial charge in [-0.2, -0.15) is 0 Å². The summed E-state index contributed by atoms with van der Waals surface area (Å²) in [6.07, 6.45) is 13.8. The van der Waals surface area contributed by atoms with E-state index in [-0.39, 0.29) is 16.8 Å². The summed E-state index contributed by atoms with van der Waals surface area (Å²) in [6.45, 7) is 25.8. The highest BCUT2D eigenvalue weighted by Crippen LogP contribution is 2.42. The SMILES string of the molecule is CCC(C)(CCCC(C)C(C)(CC)CCCC(C)C)/C(C)=C/COC(=O)CCC(C)(C)C. The van der Waals surface area contributed by atoms with Crippen molar-refractivity contribution in [1.82, 2.24) is 0 Å². The summed E-state index contributed by atoms with van der Waals surface area (Å²) in [5.74, 6) is 1.49. The number of hydrogen-bond acceptors (Lipinski definition) is 2. The minimum atomic E-state index is -0.0766. The second-order valence-corrected chi connectivity index (χ2v) is 12.6. The number of rotatable bonds is 16. The molecular formula is C30H58O2. The maximum absolute atomic E-state index is 12.0. The molecule has 2 heteroatoms. The summed E-state index contributed by atoms with van der Waals surface area (Å²) in [5.41, 5.74) is 2.19. The van der Waals surface area contributed by atoms with E-state index in [4.69, 9.17) is 4.74 Å². The first-order chi connectivity index (χ1) is 14.7. The summed E-state index contributed by atoms with van der Waals surface area (Å²) in [5, 5.41) is 0. The Hall–Kier alpha value is -0.790. The largest absolute Gasteiger partial charge is 0.461 e. The Morgan fingerprint density at radius 3 is 1.97 bits per heavy atom. The van der Waals surface area contributed by atoms with Gasteiger partial charge in [-0.25, -0.2) is 0 Å². The molecule has 0 heterocycles. The molecule has 0 spiro atoms. The fraction of sp³-hybridized carbons (Fsp3) is 0.900. The van der Waals surface area contributed by atoms with Crippen molar-refractivity contribution in [2.45, 2.75) is 140 Å². The zero-order valence-corrected chi connectivity index (χ0v) is 23.8. The fourth-order valence-corrected chi connectivity index (χ4v) is 4.54. The van der Waals surface area contributed by atoms with E-state index in [1.807, 2.05) is 0 Å². The number of hydrogen-bond donors (Lipinski definition) is 0. The standard InChI is InChI=1S/C30H58O2/c1-12-29(10,20-14-16-24(3)4)25(5)17-15-21-30(11,13-2)26(6)19-23-32-27(31)18-22-28(7,8)9/h19,24-25H,12-18,20-23H2,1-11H3/b26-19+. The quantitative estimate of drug-likeness (QED) is 0.173. The van der Waals surface area contributed by atoms with Gasteiger partial charge in [0.05, 0.1) is 0 Å². The van der Waals surface area contributed by atoms with E-state index in [2.05, 4.69) is 82.2 Å². The van der Waals surface area contributed by atoms with Crippen LogP contribution in [0.3, 0.4) is 0 Å². The molecule has 190 valence electrons. The molecule has 0 aliphatic heterocycles. The van der Waals surface area contributed by atoms with Crippen molar-refractivity contribution < 1.29 is 9.53 Å². The highest BCUT2D eigenvalue weighted by molar-refractivity contribution is 5.69. The summed E-state index contributed by atoms with van der Waals surface area (Å²) in [6, 6.07) is 0. The van der Waals surface area contributed by atoms with Crippen LogP contribution in [-0.2, 0) is 9.53 Å². The van der Waals surface area contributed by atoms with Crippen LogP contribution in [0, 0.1) is 28.1 Å². The van der Waals surface area contributed by atoms with Crippen LogP contribution >= 0.6 is 0 Å². The van der Waals surface area contributed by atoms with E-state index in [0.717, 1.165) is 24.7 Å². The van der Waals surface area contributed by atoms with Gasteiger partial charge in [-0.1, -0.05) is 107 Å². The van der Waals surface area contributed by atoms with Crippen molar-refractivity contribution in [3.63, 3.8) is 0 Å². The lowest BCUT2D eigenvalue weighted by molar-refractivity contribution is -0.143. The minimum Gasteiger partial charge on any atom is -0.461 e. The molecule has 0 aliphatic rings. The van der Waals surface area contributed by atoms with Crippen LogP contribution in [0.4, 0.5) is 0 Å². The van der Waals surface area contributed by atoms with Crippen molar-refractivity contribution in [2.75, 3.05) is 6.61 Å². The number of esters is 1. The normalized spacial score (nSPS) is 17.7. The first-order valence-corrected chi connectivity index (χ1v) is 13.5. The average Bonchev–Trinajstić information content (AvgIpc) is 2.70. The Labute approximate surface area is 202 Å². The monoisotopic (exact) mass is 450 g/mol. The molecule has 0 saturated heterocycles. The smallest absolute Gasteiger partial charge is 0.306 e. The molecular weight excluding hydrogens is 392 g/mol. The molecule has 0 fully saturated rings. The van der Waals surface area contributed by atoms with Crippen molar-refractivity contribution >= 4 is 5.97 Å². The first kappa shape index (κ1) is 31.2. The molecule has 0 bridgehead atoms. The fourth-order valence-electron chi connectivity index (χ4n) is 4.54. The van der Waals surface area contributed by atoms with Gasteiger partial charge < -0.3 is 4.74 Å². The van der Waals surface area contributed by atoms with Crippen LogP contribution in [0.25, 0.3) is 0 Å². The van der Waals surface area contributed by atoms with Gasteiger partial charge in [0.2, 0.25) is 0 Å². The zero-order chi connectivity index (χ0) is 25.0. The second kappa shape index (κ2) is 14.5. The third-order valence-electron chi connectivity index (χ3n) is 8.34. The molecule has 0 amide bonds. The predicted octanol–water partition coefficient (Wildman–Crippen LogP) is 9.77. The molecule has 0 aromatic rings. The Bertz CT molecular complexity index is 554. The molecule has 3 atom stereocenters. The highest BCUT2D eigenvalue weighted by Gasteiger charge is 2.30. The van der Waals surface area contributed by atoms with Gasteiger partial charge in [0.25, 0.3) is 0 Å². The third-order valence-corrected chi connectivity index (χ3v) is 8.34. The van der Waals surface area contributed by atoms with Gasteiger partial charge in [0.15, 0.2) is 0 Å². The Morgan fingerprint density at radius 2 is 1.47 bits per heavy atom. The average molecular weight is 451 g/mol. The van der Waals surface area contributed by atoms with E-state index in [9.17, 15) is 4.79 Å². The third kappa shape index (κ3) is 12.4. The summed E-state index contributed by atoms with van der Waals surface area (Å²) in [7, 11) is 0. The lowest BCUT2D eigenvalue weighted by Gasteiger charge is -2.37. The lowest BCUT2D eigenvalue weighted by Crippen LogP contribution is -2.26. The van der Waals surface area contributed by atoms with Crippen molar-refractivity contribution in [3.05, 3.63) is 11.6 Å². The van der Waals surface area contributed by atoms with Crippen LogP contribution in [0.5, 0.6) is 0 Å². The molecule has 32 heavy (non-hydrogen) atoms. The van der Waals surface area contributed by atoms with Gasteiger partial charge >= 0.3 is 5.97 Å². The second-order valence-electron chi connectivity index (χ2n) is 12.6. The maximum Gasteiger partial charge on any atom is 0.306 e. The van der Waals surface area contributed by atoms with Gasteiger partial charge in [-0.3, -0.25) is 4.79 Å². The molecule has 3 unspecified atom stereocenters. The van der Waals surface area contributed by atoms with Crippen LogP contribution in [0.1, 0.15) is 140 Å². The summed E-state index contributed by atoms with van der Waals surface area (Å²) in [4.78, 5) is 12.0. The number of ether oxygens (including phenoxy) is 1. The zero-order valence-electron chi connectivity index (χ0n) is 23.8. The molecule has 0 saturated carbocycles. The van der Waals surface area contributed by atoms with Crippen LogP contribution in [0.15, 0.2) is 11.6 Å². The molecule has 0 aromatic heterocycles. The Morgan fingerprint density at radius 1 is 0.875 bits per heavy atom. The van der Waals surface area contributed by atoms with Crippen molar-refractivity contribution in [3.8, 4) is 0 Å². The summed E-state index contributed by atoms with van der Waals surface area (Å²) < 4.78 is 5.49. The molecule has 0 aliphatic carbocycles. The molecule has 0 radical (unpaired) electrons. The number of allylic oxidation sites excluding steroid dienone is 1. The van der Waals surface area contributed by atoms with Crippen LogP contribution < -0.4 is 0 Å². The lowest BCUT2D eigenvalue weighted by atomic mass is 9.69. The van der Waals surface area contributed by atoms with Crippen molar-refractivity contribution in [1.29, 1.82) is 0 Å². The molecule has 2 nitrogen and oxygen atoms in total.